The van der Waals surface area contributed by atoms with Crippen molar-refractivity contribution in [2.45, 2.75) is 31.8 Å². The Labute approximate surface area is 138 Å². The molecular weight excluding hydrogens is 306 g/mol. The van der Waals surface area contributed by atoms with Gasteiger partial charge in [0, 0.05) is 31.4 Å². The highest BCUT2D eigenvalue weighted by Gasteiger charge is 2.20. The number of hydrogen-bond acceptors (Lipinski definition) is 5. The monoisotopic (exact) mass is 323 g/mol. The lowest BCUT2D eigenvalue weighted by atomic mass is 10.1. The Morgan fingerprint density at radius 3 is 2.96 bits per heavy atom. The Hall–Kier alpha value is -3.03. The second kappa shape index (κ2) is 6.23. The largest absolute Gasteiger partial charge is 0.351 e. The smallest absolute Gasteiger partial charge is 0.224 e. The fourth-order valence-corrected chi connectivity index (χ4v) is 2.99. The zero-order valence-corrected chi connectivity index (χ0v) is 13.0. The van der Waals surface area contributed by atoms with Crippen molar-refractivity contribution >= 4 is 5.91 Å². The summed E-state index contributed by atoms with van der Waals surface area (Å²) in [6.45, 7) is 0.791. The number of nitrogens with zero attached hydrogens (tertiary/aromatic N) is 6. The molecule has 2 aromatic heterocycles. The normalized spacial score (nSPS) is 16.6. The van der Waals surface area contributed by atoms with E-state index in [9.17, 15) is 4.79 Å². The molecule has 8 nitrogen and oxygen atoms in total. The second-order valence-electron chi connectivity index (χ2n) is 5.90. The standard InChI is InChI=1S/C16H17N7O/c24-16(19-13-3-6-15-17-7-8-22(15)10-13)9-12-1-4-14(5-2-12)23-11-18-20-21-23/h1-2,4-5,7-8,11,13H,3,6,9-10H2,(H,19,24)/t13-/m0/s1. The molecule has 8 heteroatoms. The van der Waals surface area contributed by atoms with Gasteiger partial charge in [0.05, 0.1) is 12.1 Å². The predicted molar refractivity (Wildman–Crippen MR) is 85.3 cm³/mol. The minimum Gasteiger partial charge on any atom is -0.351 e. The highest BCUT2D eigenvalue weighted by atomic mass is 16.1. The van der Waals surface area contributed by atoms with Gasteiger partial charge in [-0.25, -0.2) is 9.67 Å². The summed E-state index contributed by atoms with van der Waals surface area (Å²) in [7, 11) is 0. The van der Waals surface area contributed by atoms with Crippen molar-refractivity contribution in [1.82, 2.24) is 35.1 Å². The molecule has 1 amide bonds. The fourth-order valence-electron chi connectivity index (χ4n) is 2.99. The number of carbonyl (C=O) groups is 1. The van der Waals surface area contributed by atoms with Crippen molar-refractivity contribution in [3.63, 3.8) is 0 Å². The summed E-state index contributed by atoms with van der Waals surface area (Å²) in [4.78, 5) is 16.6. The van der Waals surface area contributed by atoms with Gasteiger partial charge in [-0.3, -0.25) is 4.79 Å². The van der Waals surface area contributed by atoms with Gasteiger partial charge < -0.3 is 9.88 Å². The van der Waals surface area contributed by atoms with Crippen LogP contribution in [0.2, 0.25) is 0 Å². The van der Waals surface area contributed by atoms with Gasteiger partial charge in [0.2, 0.25) is 5.91 Å². The van der Waals surface area contributed by atoms with E-state index in [4.69, 9.17) is 0 Å². The topological polar surface area (TPSA) is 90.5 Å². The average molecular weight is 323 g/mol. The van der Waals surface area contributed by atoms with Crippen molar-refractivity contribution in [3.05, 3.63) is 54.4 Å². The number of hydrogen-bond donors (Lipinski definition) is 1. The van der Waals surface area contributed by atoms with E-state index in [1.807, 2.05) is 36.7 Å². The molecule has 4 rings (SSSR count). The molecule has 0 bridgehead atoms. The number of nitrogens with one attached hydrogen (secondary N) is 1. The minimum atomic E-state index is 0.0405. The number of amides is 1. The summed E-state index contributed by atoms with van der Waals surface area (Å²) < 4.78 is 3.68. The molecule has 1 atom stereocenters. The molecule has 122 valence electrons. The van der Waals surface area contributed by atoms with Gasteiger partial charge in [-0.15, -0.1) is 5.10 Å². The van der Waals surface area contributed by atoms with Gasteiger partial charge in [-0.2, -0.15) is 0 Å². The molecule has 1 aromatic carbocycles. The SMILES string of the molecule is O=C(Cc1ccc(-n2cnnn2)cc1)N[C@H]1CCc2nccn2C1. The molecule has 24 heavy (non-hydrogen) atoms. The Morgan fingerprint density at radius 1 is 1.29 bits per heavy atom. The van der Waals surface area contributed by atoms with E-state index < -0.39 is 0 Å². The molecule has 0 radical (unpaired) electrons. The molecule has 3 aromatic rings. The summed E-state index contributed by atoms with van der Waals surface area (Å²) in [5.74, 6) is 1.14. The number of aryl methyl sites for hydroxylation is 1. The number of tetrazole rings is 1. The van der Waals surface area contributed by atoms with E-state index in [1.165, 1.54) is 6.33 Å². The number of aromatic nitrogens is 6. The quantitative estimate of drug-likeness (QED) is 0.756. The van der Waals surface area contributed by atoms with Crippen LogP contribution in [0.1, 0.15) is 17.8 Å². The van der Waals surface area contributed by atoms with Gasteiger partial charge in [-0.1, -0.05) is 12.1 Å². The Kier molecular flexibility index (Phi) is 3.78. The minimum absolute atomic E-state index is 0.0405. The zero-order chi connectivity index (χ0) is 16.4. The maximum atomic E-state index is 12.3. The number of imidazole rings is 1. The van der Waals surface area contributed by atoms with Crippen molar-refractivity contribution in [2.24, 2.45) is 0 Å². The molecule has 0 aliphatic carbocycles. The lowest BCUT2D eigenvalue weighted by molar-refractivity contribution is -0.121. The van der Waals surface area contributed by atoms with Crippen molar-refractivity contribution in [2.75, 3.05) is 0 Å². The third kappa shape index (κ3) is 3.03. The summed E-state index contributed by atoms with van der Waals surface area (Å²) in [5, 5.41) is 14.2. The van der Waals surface area contributed by atoms with Crippen LogP contribution in [-0.2, 0) is 24.2 Å². The Bertz CT molecular complexity index is 823. The summed E-state index contributed by atoms with van der Waals surface area (Å²) in [6, 6.07) is 7.81. The van der Waals surface area contributed by atoms with Crippen LogP contribution in [0.4, 0.5) is 0 Å². The third-order valence-corrected chi connectivity index (χ3v) is 4.21. The maximum Gasteiger partial charge on any atom is 0.224 e. The van der Waals surface area contributed by atoms with Crippen LogP contribution in [0.5, 0.6) is 0 Å². The van der Waals surface area contributed by atoms with Gasteiger partial charge in [0.25, 0.3) is 0 Å². The molecule has 1 N–H and O–H groups in total. The van der Waals surface area contributed by atoms with Crippen LogP contribution in [-0.4, -0.2) is 41.7 Å². The van der Waals surface area contributed by atoms with Gasteiger partial charge in [0.1, 0.15) is 12.2 Å². The van der Waals surface area contributed by atoms with Gasteiger partial charge in [0.15, 0.2) is 0 Å². The van der Waals surface area contributed by atoms with E-state index in [2.05, 4.69) is 30.4 Å². The molecule has 0 saturated heterocycles. The van der Waals surface area contributed by atoms with Crippen molar-refractivity contribution in [1.29, 1.82) is 0 Å². The number of benzene rings is 1. The highest BCUT2D eigenvalue weighted by Crippen LogP contribution is 2.13. The lowest BCUT2D eigenvalue weighted by Crippen LogP contribution is -2.41. The first kappa shape index (κ1) is 14.6. The van der Waals surface area contributed by atoms with Crippen LogP contribution < -0.4 is 5.32 Å². The van der Waals surface area contributed by atoms with Crippen LogP contribution in [0, 0.1) is 0 Å². The second-order valence-corrected chi connectivity index (χ2v) is 5.90. The van der Waals surface area contributed by atoms with E-state index >= 15 is 0 Å². The molecular formula is C16H17N7O. The van der Waals surface area contributed by atoms with E-state index in [-0.39, 0.29) is 11.9 Å². The Morgan fingerprint density at radius 2 is 2.17 bits per heavy atom. The number of rotatable bonds is 4. The molecule has 1 aliphatic heterocycles. The third-order valence-electron chi connectivity index (χ3n) is 4.21. The molecule has 1 aliphatic rings. The summed E-state index contributed by atoms with van der Waals surface area (Å²) >= 11 is 0. The first-order valence-electron chi connectivity index (χ1n) is 7.89. The lowest BCUT2D eigenvalue weighted by Gasteiger charge is -2.24. The van der Waals surface area contributed by atoms with Crippen molar-refractivity contribution in [3.8, 4) is 5.69 Å². The first-order chi connectivity index (χ1) is 11.8. The average Bonchev–Trinajstić information content (AvgIpc) is 3.26. The van der Waals surface area contributed by atoms with Crippen LogP contribution in [0.25, 0.3) is 5.69 Å². The highest BCUT2D eigenvalue weighted by molar-refractivity contribution is 5.78. The van der Waals surface area contributed by atoms with E-state index in [0.29, 0.717) is 6.42 Å². The molecule has 0 saturated carbocycles. The number of carbonyl (C=O) groups excluding carboxylic acids is 1. The molecule has 0 fully saturated rings. The zero-order valence-electron chi connectivity index (χ0n) is 13.0. The van der Waals surface area contributed by atoms with Gasteiger partial charge >= 0.3 is 0 Å². The molecule has 0 spiro atoms. The van der Waals surface area contributed by atoms with E-state index in [0.717, 1.165) is 36.5 Å². The van der Waals surface area contributed by atoms with Crippen LogP contribution >= 0.6 is 0 Å². The van der Waals surface area contributed by atoms with E-state index in [1.54, 1.807) is 4.68 Å². The van der Waals surface area contributed by atoms with Crippen molar-refractivity contribution < 1.29 is 4.79 Å². The summed E-state index contributed by atoms with van der Waals surface area (Å²) in [5.41, 5.74) is 1.83. The molecule has 3 heterocycles. The number of fused-ring (bicyclic) bond motifs is 1. The van der Waals surface area contributed by atoms with Gasteiger partial charge in [-0.05, 0) is 34.5 Å². The fraction of sp³-hybridized carbons (Fsp3) is 0.312. The first-order valence-corrected chi connectivity index (χ1v) is 7.89. The molecule has 0 unspecified atom stereocenters. The Balaban J connectivity index is 1.35. The predicted octanol–water partition coefficient (Wildman–Crippen LogP) is 0.532. The van der Waals surface area contributed by atoms with Crippen LogP contribution in [0.3, 0.4) is 0 Å². The maximum absolute atomic E-state index is 12.3. The summed E-state index contributed by atoms with van der Waals surface area (Å²) in [6.07, 6.45) is 7.51. The van der Waals surface area contributed by atoms with Crippen LogP contribution in [0.15, 0.2) is 43.0 Å².